The maximum absolute atomic E-state index is 6.16. The number of nitrogens with two attached hydrogens (primary N) is 1. The number of rotatable bonds is 3. The molecule has 0 bridgehead atoms. The summed E-state index contributed by atoms with van der Waals surface area (Å²) in [6.45, 7) is 6.76. The van der Waals surface area contributed by atoms with E-state index in [0.717, 1.165) is 0 Å². The fourth-order valence-electron chi connectivity index (χ4n) is 1.75. The third-order valence-corrected chi connectivity index (χ3v) is 3.12. The van der Waals surface area contributed by atoms with Gasteiger partial charge in [0.15, 0.2) is 0 Å². The lowest BCUT2D eigenvalue weighted by Gasteiger charge is -2.24. The van der Waals surface area contributed by atoms with E-state index in [-0.39, 0.29) is 0 Å². The zero-order valence-electron chi connectivity index (χ0n) is 8.51. The second kappa shape index (κ2) is 4.08. The quantitative estimate of drug-likeness (QED) is 0.643. The molecule has 1 aliphatic carbocycles. The first-order chi connectivity index (χ1) is 5.63. The van der Waals surface area contributed by atoms with Gasteiger partial charge in [0.1, 0.15) is 0 Å². The molecule has 0 radical (unpaired) electrons. The van der Waals surface area contributed by atoms with Gasteiger partial charge >= 0.3 is 0 Å². The van der Waals surface area contributed by atoms with E-state index < -0.39 is 0 Å². The highest BCUT2D eigenvalue weighted by molar-refractivity contribution is 5.15. The minimum absolute atomic E-state index is 0.312. The van der Waals surface area contributed by atoms with Crippen molar-refractivity contribution < 1.29 is 0 Å². The zero-order chi connectivity index (χ0) is 9.14. The second-order valence-corrected chi connectivity index (χ2v) is 4.30. The van der Waals surface area contributed by atoms with E-state index in [4.69, 9.17) is 5.73 Å². The summed E-state index contributed by atoms with van der Waals surface area (Å²) in [5.74, 6) is 1.32. The van der Waals surface area contributed by atoms with Gasteiger partial charge in [-0.3, -0.25) is 0 Å². The minimum Gasteiger partial charge on any atom is -0.324 e. The topological polar surface area (TPSA) is 26.0 Å². The van der Waals surface area contributed by atoms with Crippen molar-refractivity contribution in [1.82, 2.24) is 0 Å². The molecule has 1 aliphatic rings. The molecule has 0 saturated heterocycles. The van der Waals surface area contributed by atoms with Gasteiger partial charge in [-0.25, -0.2) is 0 Å². The van der Waals surface area contributed by atoms with Gasteiger partial charge in [0, 0.05) is 6.04 Å². The van der Waals surface area contributed by atoms with Gasteiger partial charge in [0.05, 0.1) is 0 Å². The molecule has 1 nitrogen and oxygen atoms in total. The molecule has 2 unspecified atom stereocenters. The zero-order valence-corrected chi connectivity index (χ0v) is 8.51. The fraction of sp³-hybridized carbons (Fsp3) is 0.818. The average Bonchev–Trinajstić information content (AvgIpc) is 2.53. The van der Waals surface area contributed by atoms with E-state index in [9.17, 15) is 0 Å². The Balaban J connectivity index is 2.51. The van der Waals surface area contributed by atoms with Crippen molar-refractivity contribution >= 4 is 0 Å². The molecule has 70 valence electrons. The standard InChI is InChI=1S/C11H21N/c1-8(2)9(3)11(12)10-6-4-5-7-10/h6,8-9,11H,4-5,7,12H2,1-3H3. The molecule has 12 heavy (non-hydrogen) atoms. The van der Waals surface area contributed by atoms with Crippen molar-refractivity contribution in [2.75, 3.05) is 0 Å². The minimum atomic E-state index is 0.312. The van der Waals surface area contributed by atoms with E-state index in [2.05, 4.69) is 26.8 Å². The van der Waals surface area contributed by atoms with Crippen LogP contribution in [-0.4, -0.2) is 6.04 Å². The Bertz CT molecular complexity index is 170. The second-order valence-electron chi connectivity index (χ2n) is 4.30. The lowest BCUT2D eigenvalue weighted by atomic mass is 9.86. The molecular formula is C11H21N. The molecule has 1 heteroatoms. The highest BCUT2D eigenvalue weighted by Crippen LogP contribution is 2.26. The Labute approximate surface area is 76.0 Å². The van der Waals surface area contributed by atoms with Crippen LogP contribution in [0.4, 0.5) is 0 Å². The number of hydrogen-bond acceptors (Lipinski definition) is 1. The van der Waals surface area contributed by atoms with Crippen LogP contribution >= 0.6 is 0 Å². The van der Waals surface area contributed by atoms with E-state index >= 15 is 0 Å². The molecule has 2 atom stereocenters. The summed E-state index contributed by atoms with van der Waals surface area (Å²) < 4.78 is 0. The van der Waals surface area contributed by atoms with Gasteiger partial charge < -0.3 is 5.73 Å². The Kier molecular flexibility index (Phi) is 3.33. The maximum Gasteiger partial charge on any atom is 0.0282 e. The normalized spacial score (nSPS) is 22.6. The van der Waals surface area contributed by atoms with Crippen LogP contribution in [0.3, 0.4) is 0 Å². The van der Waals surface area contributed by atoms with Crippen molar-refractivity contribution in [2.24, 2.45) is 17.6 Å². The molecular weight excluding hydrogens is 146 g/mol. The molecule has 0 spiro atoms. The van der Waals surface area contributed by atoms with Crippen molar-refractivity contribution in [2.45, 2.75) is 46.1 Å². The summed E-state index contributed by atoms with van der Waals surface area (Å²) in [5, 5.41) is 0. The first-order valence-corrected chi connectivity index (χ1v) is 5.07. The molecule has 0 amide bonds. The molecule has 0 heterocycles. The van der Waals surface area contributed by atoms with Gasteiger partial charge in [0.2, 0.25) is 0 Å². The number of allylic oxidation sites excluding steroid dienone is 1. The van der Waals surface area contributed by atoms with Crippen molar-refractivity contribution in [3.05, 3.63) is 11.6 Å². The summed E-state index contributed by atoms with van der Waals surface area (Å²) in [6.07, 6.45) is 6.13. The monoisotopic (exact) mass is 167 g/mol. The third-order valence-electron chi connectivity index (χ3n) is 3.12. The van der Waals surface area contributed by atoms with Crippen LogP contribution in [0.5, 0.6) is 0 Å². The Hall–Kier alpha value is -0.300. The lowest BCUT2D eigenvalue weighted by molar-refractivity contribution is 0.370. The van der Waals surface area contributed by atoms with Crippen LogP contribution in [0.25, 0.3) is 0 Å². The van der Waals surface area contributed by atoms with Gasteiger partial charge in [-0.05, 0) is 31.1 Å². The average molecular weight is 167 g/mol. The summed E-state index contributed by atoms with van der Waals surface area (Å²) in [6, 6.07) is 0.312. The van der Waals surface area contributed by atoms with Crippen molar-refractivity contribution in [1.29, 1.82) is 0 Å². The van der Waals surface area contributed by atoms with Crippen molar-refractivity contribution in [3.8, 4) is 0 Å². The summed E-state index contributed by atoms with van der Waals surface area (Å²) in [4.78, 5) is 0. The third kappa shape index (κ3) is 2.10. The van der Waals surface area contributed by atoms with Gasteiger partial charge in [0.25, 0.3) is 0 Å². The summed E-state index contributed by atoms with van der Waals surface area (Å²) in [5.41, 5.74) is 7.65. The Morgan fingerprint density at radius 1 is 1.33 bits per heavy atom. The van der Waals surface area contributed by atoms with Crippen LogP contribution < -0.4 is 5.73 Å². The Morgan fingerprint density at radius 2 is 2.00 bits per heavy atom. The maximum atomic E-state index is 6.16. The van der Waals surface area contributed by atoms with Crippen LogP contribution in [-0.2, 0) is 0 Å². The smallest absolute Gasteiger partial charge is 0.0282 e. The first kappa shape index (κ1) is 9.79. The molecule has 0 fully saturated rings. The SMILES string of the molecule is CC(C)C(C)C(N)C1=CCCC1. The highest BCUT2D eigenvalue weighted by Gasteiger charge is 2.21. The predicted molar refractivity (Wildman–Crippen MR) is 53.9 cm³/mol. The lowest BCUT2D eigenvalue weighted by Crippen LogP contribution is -2.32. The molecule has 0 aromatic rings. The molecule has 0 aromatic carbocycles. The van der Waals surface area contributed by atoms with Gasteiger partial charge in [-0.2, -0.15) is 0 Å². The van der Waals surface area contributed by atoms with Crippen LogP contribution in [0, 0.1) is 11.8 Å². The van der Waals surface area contributed by atoms with E-state index in [1.807, 2.05) is 0 Å². The summed E-state index contributed by atoms with van der Waals surface area (Å²) >= 11 is 0. The van der Waals surface area contributed by atoms with E-state index in [0.29, 0.717) is 17.9 Å². The molecule has 0 saturated carbocycles. The highest BCUT2D eigenvalue weighted by atomic mass is 14.7. The molecule has 2 N–H and O–H groups in total. The Morgan fingerprint density at radius 3 is 2.42 bits per heavy atom. The molecule has 0 aromatic heterocycles. The van der Waals surface area contributed by atoms with Crippen LogP contribution in [0.15, 0.2) is 11.6 Å². The fourth-order valence-corrected chi connectivity index (χ4v) is 1.75. The summed E-state index contributed by atoms with van der Waals surface area (Å²) in [7, 11) is 0. The molecule has 0 aliphatic heterocycles. The van der Waals surface area contributed by atoms with Gasteiger partial charge in [-0.15, -0.1) is 0 Å². The molecule has 1 rings (SSSR count). The van der Waals surface area contributed by atoms with E-state index in [1.165, 1.54) is 24.8 Å². The largest absolute Gasteiger partial charge is 0.324 e. The van der Waals surface area contributed by atoms with Crippen LogP contribution in [0.2, 0.25) is 0 Å². The van der Waals surface area contributed by atoms with Crippen molar-refractivity contribution in [3.63, 3.8) is 0 Å². The van der Waals surface area contributed by atoms with Gasteiger partial charge in [-0.1, -0.05) is 32.4 Å². The van der Waals surface area contributed by atoms with Crippen LogP contribution in [0.1, 0.15) is 40.0 Å². The predicted octanol–water partition coefficient (Wildman–Crippen LogP) is 2.72. The number of hydrogen-bond donors (Lipinski definition) is 1. The first-order valence-electron chi connectivity index (χ1n) is 5.07. The van der Waals surface area contributed by atoms with E-state index in [1.54, 1.807) is 0 Å².